The van der Waals surface area contributed by atoms with Gasteiger partial charge in [0.15, 0.2) is 0 Å². The summed E-state index contributed by atoms with van der Waals surface area (Å²) in [5.74, 6) is 1.62. The molecule has 2 rings (SSSR count). The third-order valence-corrected chi connectivity index (χ3v) is 3.73. The Balaban J connectivity index is 1.76. The van der Waals surface area contributed by atoms with Crippen LogP contribution >= 0.6 is 0 Å². The summed E-state index contributed by atoms with van der Waals surface area (Å²) >= 11 is 0. The summed E-state index contributed by atoms with van der Waals surface area (Å²) in [6.07, 6.45) is 5.18. The normalized spacial score (nSPS) is 32.4. The van der Waals surface area contributed by atoms with Gasteiger partial charge in [0.25, 0.3) is 0 Å². The van der Waals surface area contributed by atoms with E-state index in [-0.39, 0.29) is 0 Å². The lowest BCUT2D eigenvalue weighted by Crippen LogP contribution is -2.21. The highest BCUT2D eigenvalue weighted by atomic mass is 16.5. The van der Waals surface area contributed by atoms with Crippen molar-refractivity contribution in [3.8, 4) is 0 Å². The van der Waals surface area contributed by atoms with Gasteiger partial charge in [-0.15, -0.1) is 0 Å². The highest BCUT2D eigenvalue weighted by molar-refractivity contribution is 4.80. The molecule has 2 saturated heterocycles. The maximum atomic E-state index is 5.45. The molecule has 2 aliphatic rings. The predicted octanol–water partition coefficient (Wildman–Crippen LogP) is 2.87. The summed E-state index contributed by atoms with van der Waals surface area (Å²) < 4.78 is 10.9. The molecule has 2 unspecified atom stereocenters. The van der Waals surface area contributed by atoms with Crippen molar-refractivity contribution in [3.63, 3.8) is 0 Å². The molecule has 0 aromatic rings. The minimum absolute atomic E-state index is 0.469. The van der Waals surface area contributed by atoms with Gasteiger partial charge in [0.1, 0.15) is 0 Å². The van der Waals surface area contributed by atoms with Gasteiger partial charge < -0.3 is 9.47 Å². The van der Waals surface area contributed by atoms with E-state index in [4.69, 9.17) is 9.47 Å². The highest BCUT2D eigenvalue weighted by Gasteiger charge is 2.30. The first-order valence-corrected chi connectivity index (χ1v) is 6.31. The fourth-order valence-corrected chi connectivity index (χ4v) is 3.13. The molecule has 0 spiro atoms. The quantitative estimate of drug-likeness (QED) is 0.713. The standard InChI is InChI=1S/C13H24O2/c1-13(2,7-11-3-5-14-9-11)8-12-4-6-15-10-12/h11-12H,3-10H2,1-2H3. The van der Waals surface area contributed by atoms with Crippen molar-refractivity contribution in [1.29, 1.82) is 0 Å². The average Bonchev–Trinajstić information content (AvgIpc) is 2.75. The van der Waals surface area contributed by atoms with Gasteiger partial charge in [0, 0.05) is 26.4 Å². The fourth-order valence-electron chi connectivity index (χ4n) is 3.13. The Morgan fingerprint density at radius 2 is 1.40 bits per heavy atom. The lowest BCUT2D eigenvalue weighted by Gasteiger charge is -2.29. The lowest BCUT2D eigenvalue weighted by molar-refractivity contribution is 0.146. The first kappa shape index (κ1) is 11.4. The zero-order valence-corrected chi connectivity index (χ0v) is 10.1. The summed E-state index contributed by atoms with van der Waals surface area (Å²) in [6, 6.07) is 0. The van der Waals surface area contributed by atoms with Crippen molar-refractivity contribution in [1.82, 2.24) is 0 Å². The van der Waals surface area contributed by atoms with Crippen LogP contribution < -0.4 is 0 Å². The second kappa shape index (κ2) is 4.84. The molecule has 0 bridgehead atoms. The molecule has 2 aliphatic heterocycles. The minimum atomic E-state index is 0.469. The Bertz CT molecular complexity index is 169. The molecule has 0 aromatic heterocycles. The molecule has 0 radical (unpaired) electrons. The van der Waals surface area contributed by atoms with Crippen molar-refractivity contribution < 1.29 is 9.47 Å². The van der Waals surface area contributed by atoms with Crippen molar-refractivity contribution in [3.05, 3.63) is 0 Å². The molecule has 0 aliphatic carbocycles. The van der Waals surface area contributed by atoms with Crippen molar-refractivity contribution in [2.45, 2.75) is 39.5 Å². The smallest absolute Gasteiger partial charge is 0.0495 e. The maximum Gasteiger partial charge on any atom is 0.0495 e. The molecule has 2 heteroatoms. The molecule has 0 aromatic carbocycles. The molecular weight excluding hydrogens is 188 g/mol. The zero-order valence-electron chi connectivity index (χ0n) is 10.1. The molecule has 2 fully saturated rings. The van der Waals surface area contributed by atoms with E-state index >= 15 is 0 Å². The van der Waals surface area contributed by atoms with Gasteiger partial charge in [-0.05, 0) is 42.9 Å². The average molecular weight is 212 g/mol. The molecule has 15 heavy (non-hydrogen) atoms. The van der Waals surface area contributed by atoms with Crippen LogP contribution in [0.25, 0.3) is 0 Å². The topological polar surface area (TPSA) is 18.5 Å². The molecule has 0 N–H and O–H groups in total. The van der Waals surface area contributed by atoms with Crippen molar-refractivity contribution >= 4 is 0 Å². The van der Waals surface area contributed by atoms with E-state index in [9.17, 15) is 0 Å². The predicted molar refractivity (Wildman–Crippen MR) is 60.9 cm³/mol. The molecule has 2 atom stereocenters. The van der Waals surface area contributed by atoms with Gasteiger partial charge in [-0.2, -0.15) is 0 Å². The molecule has 2 heterocycles. The van der Waals surface area contributed by atoms with Crippen molar-refractivity contribution in [2.24, 2.45) is 17.3 Å². The third-order valence-electron chi connectivity index (χ3n) is 3.73. The van der Waals surface area contributed by atoms with E-state index in [2.05, 4.69) is 13.8 Å². The molecule has 0 saturated carbocycles. The Hall–Kier alpha value is -0.0800. The maximum absolute atomic E-state index is 5.45. The number of ether oxygens (including phenoxy) is 2. The minimum Gasteiger partial charge on any atom is -0.381 e. The third kappa shape index (κ3) is 3.46. The highest BCUT2D eigenvalue weighted by Crippen LogP contribution is 2.37. The summed E-state index contributed by atoms with van der Waals surface area (Å²) in [4.78, 5) is 0. The van der Waals surface area contributed by atoms with Gasteiger partial charge in [-0.1, -0.05) is 13.8 Å². The first-order chi connectivity index (χ1) is 7.16. The monoisotopic (exact) mass is 212 g/mol. The molecule has 2 nitrogen and oxygen atoms in total. The number of hydrogen-bond acceptors (Lipinski definition) is 2. The van der Waals surface area contributed by atoms with Crippen LogP contribution in [0.1, 0.15) is 39.5 Å². The number of rotatable bonds is 4. The Morgan fingerprint density at radius 3 is 1.73 bits per heavy atom. The zero-order chi connectivity index (χ0) is 10.7. The van der Waals surface area contributed by atoms with Gasteiger partial charge in [-0.3, -0.25) is 0 Å². The van der Waals surface area contributed by atoms with Gasteiger partial charge in [0.2, 0.25) is 0 Å². The van der Waals surface area contributed by atoms with Crippen LogP contribution in [0.4, 0.5) is 0 Å². The number of hydrogen-bond donors (Lipinski definition) is 0. The van der Waals surface area contributed by atoms with E-state index in [1.165, 1.54) is 25.7 Å². The van der Waals surface area contributed by atoms with Crippen LogP contribution in [0.3, 0.4) is 0 Å². The lowest BCUT2D eigenvalue weighted by atomic mass is 9.76. The van der Waals surface area contributed by atoms with E-state index < -0.39 is 0 Å². The summed E-state index contributed by atoms with van der Waals surface area (Å²) in [6.45, 7) is 8.75. The Labute approximate surface area is 93.3 Å². The van der Waals surface area contributed by atoms with E-state index in [0.29, 0.717) is 5.41 Å². The van der Waals surface area contributed by atoms with Crippen LogP contribution in [0, 0.1) is 17.3 Å². The van der Waals surface area contributed by atoms with Crippen LogP contribution in [-0.4, -0.2) is 26.4 Å². The summed E-state index contributed by atoms with van der Waals surface area (Å²) in [5, 5.41) is 0. The van der Waals surface area contributed by atoms with E-state index in [1.807, 2.05) is 0 Å². The SMILES string of the molecule is CC(C)(CC1CCOC1)CC1CCOC1. The van der Waals surface area contributed by atoms with Crippen LogP contribution in [0.15, 0.2) is 0 Å². The Morgan fingerprint density at radius 1 is 0.933 bits per heavy atom. The fraction of sp³-hybridized carbons (Fsp3) is 1.00. The van der Waals surface area contributed by atoms with Gasteiger partial charge in [0.05, 0.1) is 0 Å². The van der Waals surface area contributed by atoms with Gasteiger partial charge >= 0.3 is 0 Å². The second-order valence-corrected chi connectivity index (χ2v) is 6.03. The van der Waals surface area contributed by atoms with Crippen LogP contribution in [0.5, 0.6) is 0 Å². The van der Waals surface area contributed by atoms with E-state index in [0.717, 1.165) is 38.3 Å². The first-order valence-electron chi connectivity index (χ1n) is 6.31. The van der Waals surface area contributed by atoms with Crippen LogP contribution in [0.2, 0.25) is 0 Å². The molecule has 0 amide bonds. The second-order valence-electron chi connectivity index (χ2n) is 6.03. The molecular formula is C13H24O2. The Kier molecular flexibility index (Phi) is 3.68. The molecule has 88 valence electrons. The van der Waals surface area contributed by atoms with Gasteiger partial charge in [-0.25, -0.2) is 0 Å². The van der Waals surface area contributed by atoms with Crippen LogP contribution in [-0.2, 0) is 9.47 Å². The summed E-state index contributed by atoms with van der Waals surface area (Å²) in [7, 11) is 0. The van der Waals surface area contributed by atoms with Crippen molar-refractivity contribution in [2.75, 3.05) is 26.4 Å². The largest absolute Gasteiger partial charge is 0.381 e. The van der Waals surface area contributed by atoms with E-state index in [1.54, 1.807) is 0 Å². The summed E-state index contributed by atoms with van der Waals surface area (Å²) in [5.41, 5.74) is 0.469.